The molecule has 9 heteroatoms. The van der Waals surface area contributed by atoms with Gasteiger partial charge in [-0.1, -0.05) is 13.8 Å². The van der Waals surface area contributed by atoms with Gasteiger partial charge in [0.15, 0.2) is 0 Å². The summed E-state index contributed by atoms with van der Waals surface area (Å²) >= 11 is 0. The summed E-state index contributed by atoms with van der Waals surface area (Å²) in [7, 11) is -2.17. The molecule has 0 fully saturated rings. The fourth-order valence-corrected chi connectivity index (χ4v) is 0.250. The van der Waals surface area contributed by atoms with E-state index in [9.17, 15) is 0 Å². The normalized spacial score (nSPS) is 5.31. The largest absolute Gasteiger partial charge is 0.631 e. The first-order valence-electron chi connectivity index (χ1n) is 2.90. The second-order valence-corrected chi connectivity index (χ2v) is 1.30. The highest BCUT2D eigenvalue weighted by molar-refractivity contribution is 6.30. The molecule has 0 saturated carbocycles. The van der Waals surface area contributed by atoms with Crippen LogP contribution >= 0.6 is 0 Å². The van der Waals surface area contributed by atoms with Crippen molar-refractivity contribution >= 4 is 7.32 Å². The van der Waals surface area contributed by atoms with E-state index >= 15 is 0 Å². The highest BCUT2D eigenvalue weighted by Gasteiger charge is 1.92. The molecular weight excluding hydrogens is 197 g/mol. The summed E-state index contributed by atoms with van der Waals surface area (Å²) in [6.45, 7) is 6.39. The lowest BCUT2D eigenvalue weighted by Crippen LogP contribution is -2.09. The van der Waals surface area contributed by atoms with Crippen LogP contribution in [0.5, 0.6) is 0 Å². The van der Waals surface area contributed by atoms with Crippen LogP contribution in [-0.2, 0) is 0 Å². The first kappa shape index (κ1) is 38.9. The molecule has 0 saturated heterocycles. The van der Waals surface area contributed by atoms with Gasteiger partial charge in [-0.25, -0.2) is 0 Å². The third kappa shape index (κ3) is 408. The van der Waals surface area contributed by atoms with Gasteiger partial charge in [-0.05, 0) is 13.1 Å². The van der Waals surface area contributed by atoms with Crippen molar-refractivity contribution in [3.63, 3.8) is 0 Å². The van der Waals surface area contributed by atoms with Gasteiger partial charge in [-0.15, -0.1) is 0 Å². The summed E-state index contributed by atoms with van der Waals surface area (Å²) in [5, 5.41) is 24.6. The van der Waals surface area contributed by atoms with Crippen LogP contribution in [-0.4, -0.2) is 35.5 Å². The van der Waals surface area contributed by atoms with Crippen LogP contribution < -0.4 is 5.32 Å². The lowest BCUT2D eigenvalue weighted by atomic mass is 10.3. The van der Waals surface area contributed by atoms with Crippen molar-refractivity contribution in [1.29, 1.82) is 0 Å². The Morgan fingerprint density at radius 1 is 0.846 bits per heavy atom. The van der Waals surface area contributed by atoms with Crippen molar-refractivity contribution in [3.8, 4) is 0 Å². The van der Waals surface area contributed by atoms with Gasteiger partial charge >= 0.3 is 7.32 Å². The van der Waals surface area contributed by atoms with Crippen LogP contribution in [0.4, 0.5) is 18.8 Å². The maximum Gasteiger partial charge on any atom is 0.631 e. The number of hydrogen-bond donors (Lipinski definition) is 4. The van der Waals surface area contributed by atoms with Crippen molar-refractivity contribution in [1.82, 2.24) is 5.32 Å². The van der Waals surface area contributed by atoms with E-state index in [-0.39, 0.29) is 18.8 Å². The van der Waals surface area contributed by atoms with Gasteiger partial charge in [0.2, 0.25) is 0 Å². The van der Waals surface area contributed by atoms with E-state index in [0.717, 1.165) is 13.1 Å². The average molecular weight is 215 g/mol. The van der Waals surface area contributed by atoms with E-state index in [1.807, 2.05) is 0 Å². The van der Waals surface area contributed by atoms with E-state index in [2.05, 4.69) is 19.2 Å². The summed E-state index contributed by atoms with van der Waals surface area (Å²) in [6, 6.07) is 0. The molecule has 13 heavy (non-hydrogen) atoms. The fraction of sp³-hybridized carbons (Fsp3) is 1.00. The Bertz CT molecular complexity index is 51.6. The minimum Gasteiger partial charge on any atom is -0.402 e. The first-order valence-corrected chi connectivity index (χ1v) is 2.90. The summed E-state index contributed by atoms with van der Waals surface area (Å²) < 4.78 is 0. The van der Waals surface area contributed by atoms with Crippen molar-refractivity contribution in [3.05, 3.63) is 0 Å². The first-order chi connectivity index (χ1) is 4.15. The second kappa shape index (κ2) is 41.5. The molecule has 0 spiro atoms. The maximum absolute atomic E-state index is 7.17. The number of nitrogens with one attached hydrogen (secondary N) is 1. The summed E-state index contributed by atoms with van der Waals surface area (Å²) in [5.74, 6) is 0. The van der Waals surface area contributed by atoms with Crippen molar-refractivity contribution in [2.45, 2.75) is 13.8 Å². The monoisotopic (exact) mass is 215 g/mol. The van der Waals surface area contributed by atoms with Gasteiger partial charge in [0.05, 0.1) is 0 Å². The van der Waals surface area contributed by atoms with Crippen LogP contribution in [0.15, 0.2) is 0 Å². The third-order valence-electron chi connectivity index (χ3n) is 0.500. The highest BCUT2D eigenvalue weighted by Crippen LogP contribution is 1.47. The lowest BCUT2D eigenvalue weighted by molar-refractivity contribution is 0.278. The van der Waals surface area contributed by atoms with Crippen LogP contribution in [0.2, 0.25) is 0 Å². The van der Waals surface area contributed by atoms with E-state index in [4.69, 9.17) is 15.1 Å². The molecule has 0 aromatic carbocycles. The maximum atomic E-state index is 7.17. The standard InChI is InChI=1S/C4H11N.BH3O3.4FH/c1-3-5-4-2;2-1(3)4;;;;/h5H,3-4H2,1-2H3;2-4H;4*1H. The molecule has 0 atom stereocenters. The topological polar surface area (TPSA) is 72.7 Å². The summed E-state index contributed by atoms with van der Waals surface area (Å²) in [6.07, 6.45) is 0. The Morgan fingerprint density at radius 2 is 1.00 bits per heavy atom. The van der Waals surface area contributed by atoms with Crippen LogP contribution in [0.25, 0.3) is 0 Å². The zero-order valence-corrected chi connectivity index (χ0v) is 7.47. The van der Waals surface area contributed by atoms with E-state index in [1.54, 1.807) is 0 Å². The zero-order chi connectivity index (χ0) is 7.70. The molecule has 0 aromatic heterocycles. The molecule has 0 aliphatic carbocycles. The smallest absolute Gasteiger partial charge is 0.402 e. The van der Waals surface area contributed by atoms with Gasteiger partial charge in [0.1, 0.15) is 0 Å². The van der Waals surface area contributed by atoms with Crippen molar-refractivity contribution in [2.75, 3.05) is 13.1 Å². The molecule has 4 nitrogen and oxygen atoms in total. The predicted molar refractivity (Wildman–Crippen MR) is 46.6 cm³/mol. The van der Waals surface area contributed by atoms with Gasteiger partial charge in [-0.2, -0.15) is 0 Å². The van der Waals surface area contributed by atoms with E-state index < -0.39 is 7.32 Å². The minimum absolute atomic E-state index is 0. The molecule has 0 aliphatic rings. The molecule has 0 heterocycles. The number of halogens is 4. The molecule has 0 aliphatic heterocycles. The van der Waals surface area contributed by atoms with Crippen LogP contribution in [0, 0.1) is 0 Å². The molecule has 0 bridgehead atoms. The number of rotatable bonds is 2. The molecule has 88 valence electrons. The SMILES string of the molecule is CCNCC.F.F.F.F.OB(O)O. The fourth-order valence-electron chi connectivity index (χ4n) is 0.250. The summed E-state index contributed by atoms with van der Waals surface area (Å²) in [5.41, 5.74) is 0. The molecule has 4 N–H and O–H groups in total. The van der Waals surface area contributed by atoms with Crippen molar-refractivity contribution in [2.24, 2.45) is 0 Å². The van der Waals surface area contributed by atoms with E-state index in [0.29, 0.717) is 0 Å². The molecule has 0 amide bonds. The Morgan fingerprint density at radius 3 is 1.00 bits per heavy atom. The van der Waals surface area contributed by atoms with Gasteiger partial charge in [-0.3, -0.25) is 18.8 Å². The van der Waals surface area contributed by atoms with Gasteiger partial charge in [0, 0.05) is 0 Å². The second-order valence-electron chi connectivity index (χ2n) is 1.30. The average Bonchev–Trinajstić information content (AvgIpc) is 1.66. The Kier molecular flexibility index (Phi) is 124. The Balaban J connectivity index is -0.0000000146. The molecule has 0 radical (unpaired) electrons. The van der Waals surface area contributed by atoms with Crippen LogP contribution in [0.1, 0.15) is 13.8 Å². The minimum atomic E-state index is -2.17. The third-order valence-corrected chi connectivity index (χ3v) is 0.500. The van der Waals surface area contributed by atoms with E-state index in [1.165, 1.54) is 0 Å². The summed E-state index contributed by atoms with van der Waals surface area (Å²) in [4.78, 5) is 0. The lowest BCUT2D eigenvalue weighted by Gasteiger charge is -1.86. The molecule has 0 aromatic rings. The van der Waals surface area contributed by atoms with Gasteiger partial charge < -0.3 is 20.4 Å². The van der Waals surface area contributed by atoms with Crippen molar-refractivity contribution < 1.29 is 33.9 Å². The molecule has 0 rings (SSSR count). The number of hydrogen-bond acceptors (Lipinski definition) is 4. The molecular formula is C4H18BF4NO3. The Hall–Kier alpha value is -0.375. The van der Waals surface area contributed by atoms with Crippen LogP contribution in [0.3, 0.4) is 0 Å². The Labute approximate surface area is 74.6 Å². The quantitative estimate of drug-likeness (QED) is 0.358. The highest BCUT2D eigenvalue weighted by atomic mass is 19.0. The predicted octanol–water partition coefficient (Wildman–Crippen LogP) is -0.826. The zero-order valence-electron chi connectivity index (χ0n) is 7.47. The molecule has 0 unspecified atom stereocenters. The van der Waals surface area contributed by atoms with Gasteiger partial charge in [0.25, 0.3) is 0 Å².